The van der Waals surface area contributed by atoms with Gasteiger partial charge in [-0.25, -0.2) is 14.2 Å². The van der Waals surface area contributed by atoms with Crippen molar-refractivity contribution in [2.24, 2.45) is 4.74 Å². The van der Waals surface area contributed by atoms with Crippen LogP contribution in [0.1, 0.15) is 20.1 Å². The molecule has 2 aliphatic heterocycles. The van der Waals surface area contributed by atoms with Gasteiger partial charge in [-0.1, -0.05) is 16.9 Å². The minimum Gasteiger partial charge on any atom is -0.575 e. The Labute approximate surface area is 241 Å². The number of alkyl halides is 1. The summed E-state index contributed by atoms with van der Waals surface area (Å²) in [5.41, 5.74) is 4.46. The topological polar surface area (TPSA) is 197 Å². The van der Waals surface area contributed by atoms with Gasteiger partial charge in [0.25, 0.3) is 0 Å². The minimum atomic E-state index is -2.72. The van der Waals surface area contributed by atoms with Crippen LogP contribution in [0.4, 0.5) is 16.2 Å². The van der Waals surface area contributed by atoms with Crippen molar-refractivity contribution in [3.8, 4) is 11.5 Å². The lowest BCUT2D eigenvalue weighted by Crippen LogP contribution is -2.45. The molecule has 0 radical (unpaired) electrons. The second kappa shape index (κ2) is 11.9. The van der Waals surface area contributed by atoms with E-state index >= 15 is 4.39 Å². The molecule has 2 aromatic heterocycles. The van der Waals surface area contributed by atoms with Crippen LogP contribution in [-0.4, -0.2) is 104 Å². The molecule has 17 heteroatoms. The first kappa shape index (κ1) is 29.8. The number of rotatable bonds is 9. The number of aliphatic hydroxyl groups is 1. The van der Waals surface area contributed by atoms with E-state index in [9.17, 15) is 14.8 Å². The average molecular weight is 607 g/mol. The number of hydrogen-bond donors (Lipinski definition) is 3. The summed E-state index contributed by atoms with van der Waals surface area (Å²) in [6, 6.07) is 4.95. The number of nitrogen functional groups attached to an aromatic ring is 1. The summed E-state index contributed by atoms with van der Waals surface area (Å²) >= 11 is 0. The van der Waals surface area contributed by atoms with Crippen molar-refractivity contribution in [2.45, 2.75) is 44.0 Å². The number of carboxylic acid groups (broad SMARTS) is 1. The van der Waals surface area contributed by atoms with Crippen LogP contribution in [0.15, 0.2) is 35.3 Å². The summed E-state index contributed by atoms with van der Waals surface area (Å²) < 4.78 is 38.1. The van der Waals surface area contributed by atoms with Gasteiger partial charge in [-0.15, -0.1) is 0 Å². The van der Waals surface area contributed by atoms with Crippen LogP contribution < -0.4 is 24.8 Å². The maximum Gasteiger partial charge on any atom is 0.395 e. The number of aliphatic carboxylic acids is 1. The molecule has 42 heavy (non-hydrogen) atoms. The summed E-state index contributed by atoms with van der Waals surface area (Å²) in [6.45, 7) is 5.26. The maximum absolute atomic E-state index is 16.1. The molecule has 0 spiro atoms. The van der Waals surface area contributed by atoms with E-state index in [2.05, 4.69) is 29.5 Å². The van der Waals surface area contributed by atoms with Crippen LogP contribution in [-0.2, 0) is 9.53 Å². The van der Waals surface area contributed by atoms with E-state index < -0.39 is 44.3 Å². The molecule has 0 amide bonds. The fraction of sp³-hybridized carbons (Fsp3) is 0.520. The first-order valence-corrected chi connectivity index (χ1v) is 14.3. The smallest absolute Gasteiger partial charge is 0.395 e. The van der Waals surface area contributed by atoms with Crippen LogP contribution in [0.3, 0.4) is 0 Å². The Morgan fingerprint density at radius 1 is 1.31 bits per heavy atom. The molecule has 0 saturated carbocycles. The lowest BCUT2D eigenvalue weighted by Gasteiger charge is -2.33. The zero-order chi connectivity index (χ0) is 30.2. The van der Waals surface area contributed by atoms with E-state index in [1.54, 1.807) is 12.1 Å². The van der Waals surface area contributed by atoms with Gasteiger partial charge < -0.3 is 40.1 Å². The third kappa shape index (κ3) is 5.94. The van der Waals surface area contributed by atoms with Gasteiger partial charge in [0.15, 0.2) is 40.7 Å². The molecule has 3 aromatic rings. The number of aliphatic hydroxyl groups excluding tert-OH is 1. The minimum absolute atomic E-state index is 0.00316. The van der Waals surface area contributed by atoms with Crippen LogP contribution in [0, 0.1) is 0 Å². The fourth-order valence-corrected chi connectivity index (χ4v) is 5.54. The maximum atomic E-state index is 16.1. The van der Waals surface area contributed by atoms with Crippen LogP contribution in [0.25, 0.3) is 11.2 Å². The largest absolute Gasteiger partial charge is 0.575 e. The first-order chi connectivity index (χ1) is 20.0. The molecule has 0 bridgehead atoms. The summed E-state index contributed by atoms with van der Waals surface area (Å²) in [6.07, 6.45) is -2.67. The highest BCUT2D eigenvalue weighted by Crippen LogP contribution is 2.43. The Kier molecular flexibility index (Phi) is 8.44. The highest BCUT2D eigenvalue weighted by molar-refractivity contribution is 7.34. The van der Waals surface area contributed by atoms with Crippen molar-refractivity contribution >= 4 is 37.1 Å². The van der Waals surface area contributed by atoms with Crippen LogP contribution in [0.5, 0.6) is 11.5 Å². The number of aromatic nitrogens is 4. The molecule has 5 rings (SSSR count). The molecule has 2 fully saturated rings. The molecule has 226 valence electrons. The lowest BCUT2D eigenvalue weighted by molar-refractivity contribution is -0.169. The van der Waals surface area contributed by atoms with Crippen molar-refractivity contribution in [2.75, 3.05) is 50.5 Å². The van der Waals surface area contributed by atoms with E-state index in [1.165, 1.54) is 36.9 Å². The number of nitrogens with zero attached hydrogens (tertiary/aromatic N) is 7. The Morgan fingerprint density at radius 2 is 2.00 bits per heavy atom. The van der Waals surface area contributed by atoms with Crippen molar-refractivity contribution in [1.29, 1.82) is 0 Å². The number of benzene rings is 1. The summed E-state index contributed by atoms with van der Waals surface area (Å²) in [7, 11) is -0.682. The van der Waals surface area contributed by atoms with Crippen LogP contribution >= 0.6 is 8.17 Å². The van der Waals surface area contributed by atoms with Crippen molar-refractivity contribution in [1.82, 2.24) is 24.4 Å². The van der Waals surface area contributed by atoms with E-state index in [4.69, 9.17) is 24.8 Å². The summed E-state index contributed by atoms with van der Waals surface area (Å²) in [4.78, 5) is 40.6. The van der Waals surface area contributed by atoms with Crippen molar-refractivity contribution in [3.05, 3.63) is 30.6 Å². The van der Waals surface area contributed by atoms with Gasteiger partial charge in [-0.05, 0) is 33.0 Å². The number of anilines is 2. The van der Waals surface area contributed by atoms with Crippen LogP contribution in [0.2, 0.25) is 0 Å². The molecule has 0 aliphatic carbocycles. The van der Waals surface area contributed by atoms with Gasteiger partial charge in [-0.3, -0.25) is 9.09 Å². The zero-order valence-electron chi connectivity index (χ0n) is 23.2. The highest BCUT2D eigenvalue weighted by Gasteiger charge is 2.55. The predicted molar refractivity (Wildman–Crippen MR) is 148 cm³/mol. The third-order valence-electron chi connectivity index (χ3n) is 7.25. The number of imidazole rings is 1. The summed E-state index contributed by atoms with van der Waals surface area (Å²) in [5.74, 6) is -0.571. The molecule has 4 N–H and O–H groups in total. The Hall–Kier alpha value is -3.69. The van der Waals surface area contributed by atoms with Gasteiger partial charge in [0, 0.05) is 26.2 Å². The van der Waals surface area contributed by atoms with E-state index in [0.29, 0.717) is 24.4 Å². The molecule has 2 aliphatic rings. The molecule has 2 saturated heterocycles. The van der Waals surface area contributed by atoms with E-state index in [1.807, 2.05) is 7.05 Å². The summed E-state index contributed by atoms with van der Waals surface area (Å²) in [5, 5.41) is 19.9. The number of likely N-dealkylation sites (N-methyl/N-ethyl adjacent to an activating group) is 1. The fourth-order valence-electron chi connectivity index (χ4n) is 4.79. The number of piperazine rings is 1. The first-order valence-electron chi connectivity index (χ1n) is 13.2. The number of carboxylic acids is 1. The molecular weight excluding hydrogens is 574 g/mol. The number of ether oxygens (including phenoxy) is 2. The van der Waals surface area contributed by atoms with E-state index in [-0.39, 0.29) is 29.7 Å². The molecular formula is C25H32FN8O7P. The molecule has 6 atom stereocenters. The lowest BCUT2D eigenvalue weighted by atomic mass is 9.98. The number of fused-ring (bicyclic) bond motifs is 1. The van der Waals surface area contributed by atoms with Gasteiger partial charge in [0.05, 0.1) is 6.33 Å². The van der Waals surface area contributed by atoms with Gasteiger partial charge in [0.2, 0.25) is 11.7 Å². The number of halogens is 1. The molecule has 4 heterocycles. The van der Waals surface area contributed by atoms with Gasteiger partial charge in [-0.2, -0.15) is 9.97 Å². The number of carbonyl (C=O) groups is 1. The monoisotopic (exact) mass is 606 g/mol. The Bertz CT molecular complexity index is 1480. The zero-order valence-corrected chi connectivity index (χ0v) is 24.1. The Morgan fingerprint density at radius 3 is 2.69 bits per heavy atom. The standard InChI is InChI=1S/C25H32FN8O7P/c1-14(22(36)37)31-42(38)41-16-7-5-4-6-15(16)39-12-17-19(35)25(2,26)23(40-17)34-13-28-18-20(29-24(27)30-21(18)34)33-10-8-32(3)9-11-33/h4-7,13-14,17,19,23,35H,8-12H2,1-3H3,(H,36,37)(H2,27,29,30)/t14-,17+,19+,23+,25+/m0/s1. The Balaban J connectivity index is 1.35. The van der Waals surface area contributed by atoms with Crippen molar-refractivity contribution in [3.63, 3.8) is 0 Å². The number of para-hydroxylation sites is 2. The SMILES string of the molecule is C[C@H](N=[P+]([O-])Oc1ccccc1OC[C@H]1O[C@@H](n2cnc3c(N4CCN(C)CC4)nc(N)nc32)[C@](C)(F)[C@@H]1O)C(=O)O. The molecule has 1 unspecified atom stereocenters. The quantitative estimate of drug-likeness (QED) is 0.291. The number of nitrogens with two attached hydrogens (primary N) is 1. The highest BCUT2D eigenvalue weighted by atomic mass is 31.1. The number of hydrogen-bond acceptors (Lipinski definition) is 13. The van der Waals surface area contributed by atoms with E-state index in [0.717, 1.165) is 13.1 Å². The normalized spacial score (nSPS) is 26.0. The third-order valence-corrected chi connectivity index (χ3v) is 8.13. The molecule has 15 nitrogen and oxygen atoms in total. The van der Waals surface area contributed by atoms with Crippen molar-refractivity contribution < 1.29 is 38.3 Å². The van der Waals surface area contributed by atoms with Gasteiger partial charge >= 0.3 is 14.1 Å². The second-order valence-corrected chi connectivity index (χ2v) is 11.2. The van der Waals surface area contributed by atoms with Gasteiger partial charge in [0.1, 0.15) is 18.8 Å². The predicted octanol–water partition coefficient (Wildman–Crippen LogP) is 0.934. The second-order valence-electron chi connectivity index (χ2n) is 10.4. The molecule has 1 aromatic carbocycles. The average Bonchev–Trinajstić information content (AvgIpc) is 3.45.